The predicted octanol–water partition coefficient (Wildman–Crippen LogP) is 3.07. The monoisotopic (exact) mass is 400 g/mol. The van der Waals surface area contributed by atoms with E-state index in [2.05, 4.69) is 45.7 Å². The maximum atomic E-state index is 5.94. The number of guanidine groups is 1. The van der Waals surface area contributed by atoms with Crippen molar-refractivity contribution < 1.29 is 14.2 Å². The van der Waals surface area contributed by atoms with Crippen LogP contribution in [0.1, 0.15) is 30.5 Å². The summed E-state index contributed by atoms with van der Waals surface area (Å²) in [4.78, 5) is 8.59. The molecular formula is C22H32N4O3. The highest BCUT2D eigenvalue weighted by atomic mass is 16.5. The smallest absolute Gasteiger partial charge is 0.213 e. The van der Waals surface area contributed by atoms with Crippen LogP contribution < -0.4 is 20.1 Å². The molecule has 1 aromatic carbocycles. The summed E-state index contributed by atoms with van der Waals surface area (Å²) in [5, 5.41) is 6.63. The van der Waals surface area contributed by atoms with Gasteiger partial charge in [0.25, 0.3) is 0 Å². The maximum absolute atomic E-state index is 5.94. The summed E-state index contributed by atoms with van der Waals surface area (Å²) >= 11 is 0. The quantitative estimate of drug-likeness (QED) is 0.363. The number of ether oxygens (including phenoxy) is 3. The number of aryl methyl sites for hydroxylation is 1. The number of methoxy groups -OCH3 is 1. The fourth-order valence-corrected chi connectivity index (χ4v) is 2.59. The number of hydrogen-bond donors (Lipinski definition) is 2. The highest BCUT2D eigenvalue weighted by molar-refractivity contribution is 5.79. The van der Waals surface area contributed by atoms with Gasteiger partial charge in [0.2, 0.25) is 5.88 Å². The molecule has 1 heterocycles. The Hall–Kier alpha value is -2.80. The first-order chi connectivity index (χ1) is 14.0. The number of hydrogen-bond acceptors (Lipinski definition) is 5. The average Bonchev–Trinajstić information content (AvgIpc) is 2.70. The van der Waals surface area contributed by atoms with E-state index in [0.717, 1.165) is 16.9 Å². The molecule has 0 saturated carbocycles. The van der Waals surface area contributed by atoms with E-state index in [1.165, 1.54) is 5.56 Å². The van der Waals surface area contributed by atoms with E-state index in [1.54, 1.807) is 20.4 Å². The van der Waals surface area contributed by atoms with Crippen molar-refractivity contribution in [3.63, 3.8) is 0 Å². The Morgan fingerprint density at radius 3 is 2.55 bits per heavy atom. The van der Waals surface area contributed by atoms with E-state index in [-0.39, 0.29) is 6.10 Å². The molecule has 0 atom stereocenters. The van der Waals surface area contributed by atoms with Gasteiger partial charge >= 0.3 is 0 Å². The largest absolute Gasteiger partial charge is 0.491 e. The number of nitrogens with one attached hydrogen (secondary N) is 2. The summed E-state index contributed by atoms with van der Waals surface area (Å²) in [6.07, 6.45) is 1.92. The van der Waals surface area contributed by atoms with Gasteiger partial charge in [-0.2, -0.15) is 0 Å². The first-order valence-corrected chi connectivity index (χ1v) is 9.79. The number of aromatic nitrogens is 1. The number of rotatable bonds is 10. The zero-order chi connectivity index (χ0) is 21.1. The van der Waals surface area contributed by atoms with Gasteiger partial charge < -0.3 is 24.8 Å². The van der Waals surface area contributed by atoms with Crippen molar-refractivity contribution in [2.24, 2.45) is 4.99 Å². The topological polar surface area (TPSA) is 77.0 Å². The second-order valence-corrected chi connectivity index (χ2v) is 6.90. The van der Waals surface area contributed by atoms with Crippen LogP contribution >= 0.6 is 0 Å². The lowest BCUT2D eigenvalue weighted by Gasteiger charge is -2.17. The molecule has 7 nitrogen and oxygen atoms in total. The highest BCUT2D eigenvalue weighted by Crippen LogP contribution is 2.21. The molecule has 0 amide bonds. The molecule has 2 rings (SSSR count). The van der Waals surface area contributed by atoms with Crippen LogP contribution in [-0.4, -0.2) is 44.4 Å². The Bertz CT molecular complexity index is 776. The zero-order valence-corrected chi connectivity index (χ0v) is 18.0. The maximum Gasteiger partial charge on any atom is 0.213 e. The van der Waals surface area contributed by atoms with E-state index in [1.807, 2.05) is 26.0 Å². The lowest BCUT2D eigenvalue weighted by molar-refractivity contribution is 0.143. The number of pyridine rings is 1. The molecule has 0 aliphatic heterocycles. The summed E-state index contributed by atoms with van der Waals surface area (Å²) in [6, 6.07) is 10.1. The standard InChI is InChI=1S/C22H32N4O3/c1-16(2)29-20-12-17(3)6-8-19(20)15-26-22(23-4)25-14-18-7-9-21(24-13-18)28-11-10-27-5/h6-9,12-13,16H,10-11,14-15H2,1-5H3,(H2,23,25,26). The van der Waals surface area contributed by atoms with Gasteiger partial charge in [-0.25, -0.2) is 4.98 Å². The van der Waals surface area contributed by atoms with Gasteiger partial charge in [0.05, 0.1) is 12.7 Å². The molecular weight excluding hydrogens is 368 g/mol. The summed E-state index contributed by atoms with van der Waals surface area (Å²) in [7, 11) is 3.39. The average molecular weight is 401 g/mol. The van der Waals surface area contributed by atoms with Crippen LogP contribution in [0.3, 0.4) is 0 Å². The van der Waals surface area contributed by atoms with Gasteiger partial charge in [-0.05, 0) is 38.0 Å². The number of nitrogens with zero attached hydrogens (tertiary/aromatic N) is 2. The molecule has 158 valence electrons. The van der Waals surface area contributed by atoms with Crippen LogP contribution in [0.5, 0.6) is 11.6 Å². The second kappa shape index (κ2) is 11.9. The van der Waals surface area contributed by atoms with Gasteiger partial charge in [-0.3, -0.25) is 4.99 Å². The molecule has 0 saturated heterocycles. The Labute approximate surface area is 173 Å². The van der Waals surface area contributed by atoms with Crippen molar-refractivity contribution in [1.82, 2.24) is 15.6 Å². The molecule has 0 bridgehead atoms. The van der Waals surface area contributed by atoms with E-state index in [9.17, 15) is 0 Å². The number of benzene rings is 1. The van der Waals surface area contributed by atoms with Gasteiger partial charge in [-0.15, -0.1) is 0 Å². The van der Waals surface area contributed by atoms with E-state index < -0.39 is 0 Å². The molecule has 2 aromatic rings. The van der Waals surface area contributed by atoms with Crippen LogP contribution in [0.4, 0.5) is 0 Å². The lowest BCUT2D eigenvalue weighted by atomic mass is 10.1. The Morgan fingerprint density at radius 2 is 1.90 bits per heavy atom. The Balaban J connectivity index is 1.87. The molecule has 7 heteroatoms. The van der Waals surface area contributed by atoms with Crippen LogP contribution in [-0.2, 0) is 17.8 Å². The third kappa shape index (κ3) is 7.99. The predicted molar refractivity (Wildman–Crippen MR) is 116 cm³/mol. The molecule has 0 spiro atoms. The SMILES string of the molecule is CN=C(NCc1ccc(OCCOC)nc1)NCc1ccc(C)cc1OC(C)C. The van der Waals surface area contributed by atoms with Crippen molar-refractivity contribution in [2.45, 2.75) is 40.0 Å². The summed E-state index contributed by atoms with van der Waals surface area (Å²) in [5.41, 5.74) is 3.30. The lowest BCUT2D eigenvalue weighted by Crippen LogP contribution is -2.36. The summed E-state index contributed by atoms with van der Waals surface area (Å²) < 4.78 is 16.4. The zero-order valence-electron chi connectivity index (χ0n) is 18.0. The van der Waals surface area contributed by atoms with Crippen molar-refractivity contribution in [2.75, 3.05) is 27.4 Å². The third-order valence-corrected chi connectivity index (χ3v) is 4.05. The first-order valence-electron chi connectivity index (χ1n) is 9.79. The molecule has 0 aliphatic rings. The molecule has 0 radical (unpaired) electrons. The summed E-state index contributed by atoms with van der Waals surface area (Å²) in [5.74, 6) is 2.20. The van der Waals surface area contributed by atoms with Crippen molar-refractivity contribution >= 4 is 5.96 Å². The van der Waals surface area contributed by atoms with E-state index in [4.69, 9.17) is 14.2 Å². The Kier molecular flexibility index (Phi) is 9.24. The van der Waals surface area contributed by atoms with Crippen LogP contribution in [0.15, 0.2) is 41.5 Å². The van der Waals surface area contributed by atoms with Crippen molar-refractivity contribution in [1.29, 1.82) is 0 Å². The van der Waals surface area contributed by atoms with Crippen LogP contribution in [0.25, 0.3) is 0 Å². The Morgan fingerprint density at radius 1 is 1.10 bits per heavy atom. The van der Waals surface area contributed by atoms with E-state index in [0.29, 0.717) is 38.1 Å². The van der Waals surface area contributed by atoms with Crippen molar-refractivity contribution in [3.05, 3.63) is 53.2 Å². The fraction of sp³-hybridized carbons (Fsp3) is 0.455. The minimum absolute atomic E-state index is 0.127. The normalized spacial score (nSPS) is 11.4. The molecule has 0 aliphatic carbocycles. The second-order valence-electron chi connectivity index (χ2n) is 6.90. The van der Waals surface area contributed by atoms with Crippen LogP contribution in [0.2, 0.25) is 0 Å². The molecule has 2 N–H and O–H groups in total. The van der Waals surface area contributed by atoms with E-state index >= 15 is 0 Å². The molecule has 0 fully saturated rings. The molecule has 0 unspecified atom stereocenters. The van der Waals surface area contributed by atoms with Crippen molar-refractivity contribution in [3.8, 4) is 11.6 Å². The van der Waals surface area contributed by atoms with Gasteiger partial charge in [-0.1, -0.05) is 18.2 Å². The molecule has 1 aromatic heterocycles. The van der Waals surface area contributed by atoms with Gasteiger partial charge in [0.1, 0.15) is 12.4 Å². The fourth-order valence-electron chi connectivity index (χ4n) is 2.59. The molecule has 29 heavy (non-hydrogen) atoms. The first kappa shape index (κ1) is 22.5. The number of aliphatic imine (C=N–C) groups is 1. The minimum atomic E-state index is 0.127. The van der Waals surface area contributed by atoms with Crippen LogP contribution in [0, 0.1) is 6.92 Å². The van der Waals surface area contributed by atoms with Gasteiger partial charge in [0.15, 0.2) is 5.96 Å². The minimum Gasteiger partial charge on any atom is -0.491 e. The summed E-state index contributed by atoms with van der Waals surface area (Å²) in [6.45, 7) is 8.37. The third-order valence-electron chi connectivity index (χ3n) is 4.05. The highest BCUT2D eigenvalue weighted by Gasteiger charge is 2.08. The van der Waals surface area contributed by atoms with Gasteiger partial charge in [0, 0.05) is 45.1 Å².